The normalized spacial score (nSPS) is 10.9. The minimum Gasteiger partial charge on any atom is -0.462 e. The van der Waals surface area contributed by atoms with E-state index in [2.05, 4.69) is 20.5 Å². The molecule has 9 heteroatoms. The molecule has 0 atom stereocenters. The standard InChI is InChI=1S/C22H22N6O3/c1-3-31-22(30)18-14-25-28-19(8-10-23-21(18)28)16-5-4-6-17(13-16)26-20(29)9-12-27-15(2)7-11-24-27/h4-8,10-11,13-14H,3,9,12H2,1-2H3,(H,26,29). The lowest BCUT2D eigenvalue weighted by atomic mass is 10.1. The van der Waals surface area contributed by atoms with E-state index in [0.717, 1.165) is 17.0 Å². The molecule has 0 radical (unpaired) electrons. The first-order valence-corrected chi connectivity index (χ1v) is 9.95. The molecule has 31 heavy (non-hydrogen) atoms. The number of nitrogens with one attached hydrogen (secondary N) is 1. The number of ether oxygens (including phenoxy) is 1. The van der Waals surface area contributed by atoms with Crippen molar-refractivity contribution in [1.82, 2.24) is 24.4 Å². The van der Waals surface area contributed by atoms with Crippen LogP contribution in [0.25, 0.3) is 16.9 Å². The summed E-state index contributed by atoms with van der Waals surface area (Å²) in [7, 11) is 0. The third-order valence-electron chi connectivity index (χ3n) is 4.82. The molecule has 0 spiro atoms. The van der Waals surface area contributed by atoms with Gasteiger partial charge in [-0.05, 0) is 38.1 Å². The van der Waals surface area contributed by atoms with E-state index in [4.69, 9.17) is 4.74 Å². The smallest absolute Gasteiger partial charge is 0.343 e. The number of carbonyl (C=O) groups is 2. The molecule has 0 saturated carbocycles. The topological polar surface area (TPSA) is 103 Å². The molecule has 3 heterocycles. The maximum atomic E-state index is 12.4. The van der Waals surface area contributed by atoms with Gasteiger partial charge in [-0.2, -0.15) is 10.2 Å². The summed E-state index contributed by atoms with van der Waals surface area (Å²) >= 11 is 0. The van der Waals surface area contributed by atoms with Crippen molar-refractivity contribution in [2.75, 3.05) is 11.9 Å². The summed E-state index contributed by atoms with van der Waals surface area (Å²) < 4.78 is 8.46. The van der Waals surface area contributed by atoms with Crippen molar-refractivity contribution in [2.45, 2.75) is 26.8 Å². The van der Waals surface area contributed by atoms with Crippen LogP contribution in [0.4, 0.5) is 5.69 Å². The summed E-state index contributed by atoms with van der Waals surface area (Å²) in [5.41, 5.74) is 3.97. The molecule has 0 saturated heterocycles. The number of carbonyl (C=O) groups excluding carboxylic acids is 2. The molecule has 0 fully saturated rings. The Balaban J connectivity index is 1.54. The van der Waals surface area contributed by atoms with Gasteiger partial charge in [0.05, 0.1) is 18.5 Å². The van der Waals surface area contributed by atoms with E-state index in [1.54, 1.807) is 34.6 Å². The van der Waals surface area contributed by atoms with Gasteiger partial charge in [-0.3, -0.25) is 9.48 Å². The highest BCUT2D eigenvalue weighted by atomic mass is 16.5. The van der Waals surface area contributed by atoms with E-state index in [-0.39, 0.29) is 12.5 Å². The van der Waals surface area contributed by atoms with Gasteiger partial charge in [0.25, 0.3) is 0 Å². The fraction of sp³-hybridized carbons (Fsp3) is 0.227. The molecular formula is C22H22N6O3. The first-order valence-electron chi connectivity index (χ1n) is 9.95. The molecule has 0 aliphatic carbocycles. The molecule has 0 aliphatic heterocycles. The maximum Gasteiger partial charge on any atom is 0.343 e. The van der Waals surface area contributed by atoms with Crippen LogP contribution in [0.1, 0.15) is 29.4 Å². The number of aromatic nitrogens is 5. The Morgan fingerprint density at radius 3 is 2.77 bits per heavy atom. The number of amides is 1. The van der Waals surface area contributed by atoms with E-state index in [9.17, 15) is 9.59 Å². The van der Waals surface area contributed by atoms with Gasteiger partial charge in [-0.1, -0.05) is 12.1 Å². The zero-order valence-corrected chi connectivity index (χ0v) is 17.3. The van der Waals surface area contributed by atoms with Gasteiger partial charge < -0.3 is 10.1 Å². The quantitative estimate of drug-likeness (QED) is 0.463. The number of benzene rings is 1. The van der Waals surface area contributed by atoms with Gasteiger partial charge in [0.1, 0.15) is 5.56 Å². The third-order valence-corrected chi connectivity index (χ3v) is 4.82. The van der Waals surface area contributed by atoms with E-state index < -0.39 is 5.97 Å². The highest BCUT2D eigenvalue weighted by Gasteiger charge is 2.17. The maximum absolute atomic E-state index is 12.4. The molecule has 4 rings (SSSR count). The molecule has 0 unspecified atom stereocenters. The van der Waals surface area contributed by atoms with E-state index in [1.807, 2.05) is 37.3 Å². The summed E-state index contributed by atoms with van der Waals surface area (Å²) in [6.07, 6.45) is 5.10. The van der Waals surface area contributed by atoms with Crippen LogP contribution in [0.2, 0.25) is 0 Å². The number of anilines is 1. The predicted octanol–water partition coefficient (Wildman–Crippen LogP) is 3.11. The fourth-order valence-corrected chi connectivity index (χ4v) is 3.28. The molecule has 1 amide bonds. The zero-order chi connectivity index (χ0) is 21.8. The summed E-state index contributed by atoms with van der Waals surface area (Å²) in [4.78, 5) is 28.8. The number of aryl methyl sites for hydroxylation is 2. The molecule has 0 bridgehead atoms. The zero-order valence-electron chi connectivity index (χ0n) is 17.3. The summed E-state index contributed by atoms with van der Waals surface area (Å²) in [5, 5.41) is 11.4. The lowest BCUT2D eigenvalue weighted by Crippen LogP contribution is -2.15. The van der Waals surface area contributed by atoms with Crippen LogP contribution < -0.4 is 5.32 Å². The molecule has 4 aromatic rings. The van der Waals surface area contributed by atoms with Gasteiger partial charge in [-0.15, -0.1) is 0 Å². The minimum absolute atomic E-state index is 0.101. The van der Waals surface area contributed by atoms with Crippen molar-refractivity contribution in [1.29, 1.82) is 0 Å². The number of rotatable bonds is 7. The Morgan fingerprint density at radius 1 is 1.13 bits per heavy atom. The Labute approximate surface area is 178 Å². The van der Waals surface area contributed by atoms with Crippen LogP contribution in [-0.2, 0) is 16.1 Å². The summed E-state index contributed by atoms with van der Waals surface area (Å²) in [6, 6.07) is 11.1. The number of nitrogens with zero attached hydrogens (tertiary/aromatic N) is 5. The second kappa shape index (κ2) is 8.78. The van der Waals surface area contributed by atoms with Gasteiger partial charge in [0, 0.05) is 42.3 Å². The van der Waals surface area contributed by atoms with Gasteiger partial charge in [0.2, 0.25) is 5.91 Å². The Kier molecular flexibility index (Phi) is 5.74. The van der Waals surface area contributed by atoms with Crippen molar-refractivity contribution < 1.29 is 14.3 Å². The van der Waals surface area contributed by atoms with Crippen molar-refractivity contribution in [2.24, 2.45) is 0 Å². The monoisotopic (exact) mass is 418 g/mol. The molecule has 1 aromatic carbocycles. The number of esters is 1. The Morgan fingerprint density at radius 2 is 2.00 bits per heavy atom. The first-order chi connectivity index (χ1) is 15.1. The van der Waals surface area contributed by atoms with Crippen molar-refractivity contribution >= 4 is 23.2 Å². The largest absolute Gasteiger partial charge is 0.462 e. The SMILES string of the molecule is CCOC(=O)c1cnn2c(-c3cccc(NC(=O)CCn4nccc4C)c3)ccnc12. The minimum atomic E-state index is -0.462. The molecule has 1 N–H and O–H groups in total. The lowest BCUT2D eigenvalue weighted by Gasteiger charge is -2.09. The molecular weight excluding hydrogens is 396 g/mol. The average molecular weight is 418 g/mol. The predicted molar refractivity (Wildman–Crippen MR) is 115 cm³/mol. The first kappa shape index (κ1) is 20.3. The number of hydrogen-bond donors (Lipinski definition) is 1. The van der Waals surface area contributed by atoms with Crippen LogP contribution in [0.3, 0.4) is 0 Å². The highest BCUT2D eigenvalue weighted by Crippen LogP contribution is 2.24. The number of hydrogen-bond acceptors (Lipinski definition) is 6. The van der Waals surface area contributed by atoms with Crippen molar-refractivity contribution in [3.63, 3.8) is 0 Å². The molecule has 0 aliphatic rings. The van der Waals surface area contributed by atoms with Crippen LogP contribution >= 0.6 is 0 Å². The van der Waals surface area contributed by atoms with Crippen LogP contribution in [0.15, 0.2) is 55.0 Å². The van der Waals surface area contributed by atoms with Crippen LogP contribution in [0, 0.1) is 6.92 Å². The van der Waals surface area contributed by atoms with Crippen LogP contribution in [0.5, 0.6) is 0 Å². The van der Waals surface area contributed by atoms with E-state index >= 15 is 0 Å². The van der Waals surface area contributed by atoms with Gasteiger partial charge in [-0.25, -0.2) is 14.3 Å². The Hall–Kier alpha value is -4.01. The molecule has 9 nitrogen and oxygen atoms in total. The highest BCUT2D eigenvalue weighted by molar-refractivity contribution is 5.96. The summed E-state index contributed by atoms with van der Waals surface area (Å²) in [6.45, 7) is 4.49. The second-order valence-corrected chi connectivity index (χ2v) is 6.92. The third kappa shape index (κ3) is 4.30. The Bertz CT molecular complexity index is 1240. The average Bonchev–Trinajstić information content (AvgIpc) is 3.38. The van der Waals surface area contributed by atoms with E-state index in [1.165, 1.54) is 6.20 Å². The van der Waals surface area contributed by atoms with Gasteiger partial charge in [0.15, 0.2) is 5.65 Å². The fourth-order valence-electron chi connectivity index (χ4n) is 3.28. The molecule has 158 valence electrons. The summed E-state index contributed by atoms with van der Waals surface area (Å²) in [5.74, 6) is -0.564. The van der Waals surface area contributed by atoms with Crippen LogP contribution in [-0.4, -0.2) is 42.9 Å². The van der Waals surface area contributed by atoms with Gasteiger partial charge >= 0.3 is 5.97 Å². The lowest BCUT2D eigenvalue weighted by molar-refractivity contribution is -0.116. The second-order valence-electron chi connectivity index (χ2n) is 6.92. The number of fused-ring (bicyclic) bond motifs is 1. The van der Waals surface area contributed by atoms with E-state index in [0.29, 0.717) is 29.9 Å². The van der Waals surface area contributed by atoms with Crippen molar-refractivity contribution in [3.8, 4) is 11.3 Å². The van der Waals surface area contributed by atoms with Crippen molar-refractivity contribution in [3.05, 3.63) is 66.2 Å². The molecule has 3 aromatic heterocycles.